The van der Waals surface area contributed by atoms with E-state index in [2.05, 4.69) is 0 Å². The molecule has 1 atom stereocenters. The predicted octanol–water partition coefficient (Wildman–Crippen LogP) is 1.62. The normalized spacial score (nSPS) is 17.6. The standard InChI is InChI=1S/C9H18O2/c1-7(11)9(5,6-10)8(2,3)4/h10H,6H2,1-5H3/t9-/m0/s1. The van der Waals surface area contributed by atoms with Gasteiger partial charge in [-0.3, -0.25) is 4.79 Å². The summed E-state index contributed by atoms with van der Waals surface area (Å²) in [5.74, 6) is 0.0486. The van der Waals surface area contributed by atoms with E-state index >= 15 is 0 Å². The number of Topliss-reactive ketones (excluding diaryl/α,β-unsaturated/α-hetero) is 1. The van der Waals surface area contributed by atoms with Crippen LogP contribution in [0.2, 0.25) is 0 Å². The smallest absolute Gasteiger partial charge is 0.138 e. The summed E-state index contributed by atoms with van der Waals surface area (Å²) in [5, 5.41) is 9.07. The molecule has 0 amide bonds. The third-order valence-electron chi connectivity index (χ3n) is 2.75. The topological polar surface area (TPSA) is 37.3 Å². The van der Waals surface area contributed by atoms with Crippen LogP contribution in [0.25, 0.3) is 0 Å². The van der Waals surface area contributed by atoms with Crippen LogP contribution < -0.4 is 0 Å². The maximum Gasteiger partial charge on any atom is 0.138 e. The number of hydrogen-bond donors (Lipinski definition) is 1. The van der Waals surface area contributed by atoms with Gasteiger partial charge in [-0.2, -0.15) is 0 Å². The van der Waals surface area contributed by atoms with Gasteiger partial charge in [-0.15, -0.1) is 0 Å². The number of aliphatic hydroxyl groups excluding tert-OH is 1. The van der Waals surface area contributed by atoms with Crippen LogP contribution in [0.1, 0.15) is 34.6 Å². The Hall–Kier alpha value is -0.370. The van der Waals surface area contributed by atoms with E-state index in [1.807, 2.05) is 20.8 Å². The third-order valence-corrected chi connectivity index (χ3v) is 2.75. The Morgan fingerprint density at radius 1 is 1.27 bits per heavy atom. The minimum atomic E-state index is -0.604. The van der Waals surface area contributed by atoms with Crippen LogP contribution in [-0.2, 0) is 4.79 Å². The maximum atomic E-state index is 11.2. The molecule has 11 heavy (non-hydrogen) atoms. The van der Waals surface area contributed by atoms with Gasteiger partial charge in [-0.1, -0.05) is 20.8 Å². The van der Waals surface area contributed by atoms with Gasteiger partial charge in [-0.25, -0.2) is 0 Å². The van der Waals surface area contributed by atoms with Crippen molar-refractivity contribution in [2.45, 2.75) is 34.6 Å². The average Bonchev–Trinajstić information content (AvgIpc) is 1.83. The van der Waals surface area contributed by atoms with Crippen LogP contribution in [-0.4, -0.2) is 17.5 Å². The van der Waals surface area contributed by atoms with E-state index in [4.69, 9.17) is 5.11 Å². The molecule has 0 aromatic rings. The zero-order valence-corrected chi connectivity index (χ0v) is 8.06. The molecular formula is C9H18O2. The molecule has 0 aliphatic heterocycles. The minimum absolute atomic E-state index is 0.0486. The number of carbonyl (C=O) groups excluding carboxylic acids is 1. The van der Waals surface area contributed by atoms with E-state index in [1.165, 1.54) is 6.92 Å². The first-order chi connectivity index (χ1) is 4.75. The predicted molar refractivity (Wildman–Crippen MR) is 45.3 cm³/mol. The molecule has 0 aliphatic carbocycles. The second kappa shape index (κ2) is 2.94. The van der Waals surface area contributed by atoms with Gasteiger partial charge < -0.3 is 5.11 Å². The molecule has 0 aromatic heterocycles. The summed E-state index contributed by atoms with van der Waals surface area (Å²) >= 11 is 0. The molecule has 0 heterocycles. The quantitative estimate of drug-likeness (QED) is 0.663. The van der Waals surface area contributed by atoms with Crippen molar-refractivity contribution in [1.82, 2.24) is 0 Å². The van der Waals surface area contributed by atoms with Crippen LogP contribution in [0.4, 0.5) is 0 Å². The lowest BCUT2D eigenvalue weighted by atomic mass is 9.66. The van der Waals surface area contributed by atoms with E-state index in [1.54, 1.807) is 6.92 Å². The highest BCUT2D eigenvalue weighted by Crippen LogP contribution is 2.38. The van der Waals surface area contributed by atoms with Crippen molar-refractivity contribution in [1.29, 1.82) is 0 Å². The minimum Gasteiger partial charge on any atom is -0.395 e. The van der Waals surface area contributed by atoms with E-state index in [0.717, 1.165) is 0 Å². The summed E-state index contributed by atoms with van der Waals surface area (Å²) in [7, 11) is 0. The molecule has 0 aliphatic rings. The fraction of sp³-hybridized carbons (Fsp3) is 0.889. The highest BCUT2D eigenvalue weighted by atomic mass is 16.3. The van der Waals surface area contributed by atoms with Crippen molar-refractivity contribution in [3.63, 3.8) is 0 Å². The number of aliphatic hydroxyl groups is 1. The van der Waals surface area contributed by atoms with Crippen molar-refractivity contribution in [3.8, 4) is 0 Å². The van der Waals surface area contributed by atoms with Gasteiger partial charge in [0.15, 0.2) is 0 Å². The average molecular weight is 158 g/mol. The first-order valence-corrected chi connectivity index (χ1v) is 3.87. The largest absolute Gasteiger partial charge is 0.395 e. The summed E-state index contributed by atoms with van der Waals surface area (Å²) in [4.78, 5) is 11.2. The molecule has 0 aromatic carbocycles. The molecule has 0 fully saturated rings. The molecule has 0 spiro atoms. The lowest BCUT2D eigenvalue weighted by molar-refractivity contribution is -0.134. The molecule has 0 saturated carbocycles. The number of ketones is 1. The van der Waals surface area contributed by atoms with E-state index < -0.39 is 5.41 Å². The molecule has 1 N–H and O–H groups in total. The third kappa shape index (κ3) is 1.80. The summed E-state index contributed by atoms with van der Waals surface area (Å²) in [6.07, 6.45) is 0. The lowest BCUT2D eigenvalue weighted by Gasteiger charge is -2.38. The fourth-order valence-electron chi connectivity index (χ4n) is 0.877. The van der Waals surface area contributed by atoms with Crippen molar-refractivity contribution in [2.24, 2.45) is 10.8 Å². The van der Waals surface area contributed by atoms with Gasteiger partial charge >= 0.3 is 0 Å². The van der Waals surface area contributed by atoms with E-state index in [9.17, 15) is 4.79 Å². The Balaban J connectivity index is 4.75. The van der Waals surface area contributed by atoms with Crippen molar-refractivity contribution >= 4 is 5.78 Å². The van der Waals surface area contributed by atoms with Gasteiger partial charge in [0, 0.05) is 0 Å². The Morgan fingerprint density at radius 3 is 1.64 bits per heavy atom. The summed E-state index contributed by atoms with van der Waals surface area (Å²) in [5.41, 5.74) is -0.777. The van der Waals surface area contributed by atoms with Crippen molar-refractivity contribution < 1.29 is 9.90 Å². The van der Waals surface area contributed by atoms with Crippen LogP contribution in [0.5, 0.6) is 0 Å². The Labute approximate surface area is 68.6 Å². The van der Waals surface area contributed by atoms with Crippen LogP contribution >= 0.6 is 0 Å². The maximum absolute atomic E-state index is 11.2. The Bertz CT molecular complexity index is 155. The highest BCUT2D eigenvalue weighted by molar-refractivity contribution is 5.82. The molecule has 0 unspecified atom stereocenters. The molecular weight excluding hydrogens is 140 g/mol. The van der Waals surface area contributed by atoms with E-state index in [0.29, 0.717) is 0 Å². The van der Waals surface area contributed by atoms with E-state index in [-0.39, 0.29) is 17.8 Å². The number of hydrogen-bond acceptors (Lipinski definition) is 2. The molecule has 0 saturated heterocycles. The van der Waals surface area contributed by atoms with Gasteiger partial charge in [-0.05, 0) is 19.3 Å². The monoisotopic (exact) mass is 158 g/mol. The van der Waals surface area contributed by atoms with Gasteiger partial charge in [0.1, 0.15) is 5.78 Å². The Morgan fingerprint density at radius 2 is 1.64 bits per heavy atom. The van der Waals surface area contributed by atoms with Crippen molar-refractivity contribution in [3.05, 3.63) is 0 Å². The van der Waals surface area contributed by atoms with Crippen LogP contribution in [0.15, 0.2) is 0 Å². The SMILES string of the molecule is CC(=O)[C@](C)(CO)C(C)(C)C. The molecule has 66 valence electrons. The van der Waals surface area contributed by atoms with Gasteiger partial charge in [0.25, 0.3) is 0 Å². The molecule has 2 heteroatoms. The summed E-state index contributed by atoms with van der Waals surface area (Å²) in [6, 6.07) is 0. The highest BCUT2D eigenvalue weighted by Gasteiger charge is 2.40. The zero-order chi connectivity index (χ0) is 9.28. The molecule has 0 radical (unpaired) electrons. The molecule has 0 bridgehead atoms. The lowest BCUT2D eigenvalue weighted by Crippen LogP contribution is -2.42. The van der Waals surface area contributed by atoms with Crippen LogP contribution in [0.3, 0.4) is 0 Å². The Kier molecular flexibility index (Phi) is 2.84. The number of carbonyl (C=O) groups is 1. The van der Waals surface area contributed by atoms with Crippen molar-refractivity contribution in [2.75, 3.05) is 6.61 Å². The van der Waals surface area contributed by atoms with Gasteiger partial charge in [0.05, 0.1) is 12.0 Å². The molecule has 0 rings (SSSR count). The summed E-state index contributed by atoms with van der Waals surface area (Å²) in [6.45, 7) is 9.14. The second-order valence-electron chi connectivity index (χ2n) is 4.30. The molecule has 2 nitrogen and oxygen atoms in total. The zero-order valence-electron chi connectivity index (χ0n) is 8.06. The number of rotatable bonds is 2. The fourth-order valence-corrected chi connectivity index (χ4v) is 0.877. The second-order valence-corrected chi connectivity index (χ2v) is 4.30. The van der Waals surface area contributed by atoms with Crippen LogP contribution in [0, 0.1) is 10.8 Å². The first kappa shape index (κ1) is 10.6. The summed E-state index contributed by atoms with van der Waals surface area (Å²) < 4.78 is 0. The van der Waals surface area contributed by atoms with Gasteiger partial charge in [0.2, 0.25) is 0 Å². The first-order valence-electron chi connectivity index (χ1n) is 3.87.